The molecule has 0 saturated carbocycles. The van der Waals surface area contributed by atoms with Crippen LogP contribution in [0.1, 0.15) is 6.92 Å². The van der Waals surface area contributed by atoms with Crippen molar-refractivity contribution >= 4 is 11.8 Å². The maximum Gasteiger partial charge on any atom is 0.169 e. The summed E-state index contributed by atoms with van der Waals surface area (Å²) in [5.74, 6) is 0. The topological polar surface area (TPSA) is 41.6 Å². The Morgan fingerprint density at radius 3 is 2.71 bits per heavy atom. The molecule has 0 bridgehead atoms. The minimum absolute atomic E-state index is 0.0836. The molecule has 0 fully saturated rings. The van der Waals surface area contributed by atoms with Gasteiger partial charge in [0.05, 0.1) is 23.2 Å². The molecule has 0 amide bonds. The summed E-state index contributed by atoms with van der Waals surface area (Å²) in [6.07, 6.45) is 1.85. The zero-order valence-electron chi connectivity index (χ0n) is 9.79. The van der Waals surface area contributed by atoms with Crippen LogP contribution in [-0.2, 0) is 7.05 Å². The van der Waals surface area contributed by atoms with Crippen LogP contribution in [0.25, 0.3) is 11.3 Å². The fraction of sp³-hybridized carbons (Fsp3) is 0.231. The van der Waals surface area contributed by atoms with Crippen LogP contribution >= 0.6 is 11.8 Å². The van der Waals surface area contributed by atoms with E-state index in [1.807, 2.05) is 42.9 Å². The van der Waals surface area contributed by atoms with E-state index in [-0.39, 0.29) is 5.25 Å². The Morgan fingerprint density at radius 2 is 2.06 bits per heavy atom. The number of aromatic nitrogens is 2. The van der Waals surface area contributed by atoms with Gasteiger partial charge in [0.15, 0.2) is 5.16 Å². The molecule has 0 N–H and O–H groups in total. The number of thioether (sulfide) groups is 1. The number of rotatable bonds is 3. The molecule has 2 aromatic rings. The second kappa shape index (κ2) is 5.07. The lowest BCUT2D eigenvalue weighted by atomic mass is 10.2. The largest absolute Gasteiger partial charge is 0.322 e. The molecule has 0 unspecified atom stereocenters. The highest BCUT2D eigenvalue weighted by Gasteiger charge is 2.11. The maximum atomic E-state index is 8.80. The summed E-state index contributed by atoms with van der Waals surface area (Å²) >= 11 is 1.48. The van der Waals surface area contributed by atoms with Crippen LogP contribution in [0.5, 0.6) is 0 Å². The van der Waals surface area contributed by atoms with Gasteiger partial charge in [-0.1, -0.05) is 42.1 Å². The summed E-state index contributed by atoms with van der Waals surface area (Å²) < 4.78 is 2.02. The van der Waals surface area contributed by atoms with E-state index in [4.69, 9.17) is 5.26 Å². The molecule has 4 heteroatoms. The lowest BCUT2D eigenvalue weighted by Gasteiger charge is -2.06. The molecule has 1 heterocycles. The van der Waals surface area contributed by atoms with Gasteiger partial charge in [0.2, 0.25) is 0 Å². The van der Waals surface area contributed by atoms with Crippen molar-refractivity contribution in [2.24, 2.45) is 7.05 Å². The van der Waals surface area contributed by atoms with Gasteiger partial charge in [-0.2, -0.15) is 5.26 Å². The summed E-state index contributed by atoms with van der Waals surface area (Å²) in [6, 6.07) is 12.3. The molecule has 0 aliphatic carbocycles. The summed E-state index contributed by atoms with van der Waals surface area (Å²) in [4.78, 5) is 4.35. The molecule has 17 heavy (non-hydrogen) atoms. The van der Waals surface area contributed by atoms with Gasteiger partial charge in [0, 0.05) is 7.05 Å². The van der Waals surface area contributed by atoms with E-state index in [1.54, 1.807) is 0 Å². The van der Waals surface area contributed by atoms with E-state index in [0.29, 0.717) is 0 Å². The van der Waals surface area contributed by atoms with Gasteiger partial charge in [-0.25, -0.2) is 4.98 Å². The highest BCUT2D eigenvalue weighted by molar-refractivity contribution is 8.00. The van der Waals surface area contributed by atoms with Gasteiger partial charge >= 0.3 is 0 Å². The first-order valence-electron chi connectivity index (χ1n) is 5.36. The van der Waals surface area contributed by atoms with E-state index < -0.39 is 0 Å². The third-order valence-electron chi connectivity index (χ3n) is 2.48. The first-order valence-corrected chi connectivity index (χ1v) is 6.23. The van der Waals surface area contributed by atoms with Gasteiger partial charge < -0.3 is 4.57 Å². The molecule has 0 spiro atoms. The monoisotopic (exact) mass is 243 g/mol. The molecular weight excluding hydrogens is 230 g/mol. The van der Waals surface area contributed by atoms with Gasteiger partial charge in [-0.3, -0.25) is 0 Å². The lowest BCUT2D eigenvalue weighted by Crippen LogP contribution is -1.98. The Hall–Kier alpha value is -1.73. The smallest absolute Gasteiger partial charge is 0.169 e. The number of imidazole rings is 1. The predicted molar refractivity (Wildman–Crippen MR) is 69.6 cm³/mol. The third-order valence-corrected chi connectivity index (χ3v) is 3.53. The van der Waals surface area contributed by atoms with Crippen molar-refractivity contribution in [2.45, 2.75) is 17.3 Å². The summed E-state index contributed by atoms with van der Waals surface area (Å²) in [5, 5.41) is 9.59. The average molecular weight is 243 g/mol. The molecule has 86 valence electrons. The minimum Gasteiger partial charge on any atom is -0.322 e. The van der Waals surface area contributed by atoms with Crippen LogP contribution in [0.2, 0.25) is 0 Å². The first kappa shape index (κ1) is 11.7. The molecule has 1 atom stereocenters. The molecular formula is C13H13N3S. The first-order chi connectivity index (χ1) is 8.22. The minimum atomic E-state index is -0.0836. The van der Waals surface area contributed by atoms with E-state index in [0.717, 1.165) is 16.4 Å². The Bertz CT molecular complexity index is 540. The highest BCUT2D eigenvalue weighted by Crippen LogP contribution is 2.26. The van der Waals surface area contributed by atoms with Gasteiger partial charge in [-0.05, 0) is 12.5 Å². The summed E-state index contributed by atoms with van der Waals surface area (Å²) in [6.45, 7) is 1.88. The Morgan fingerprint density at radius 1 is 1.35 bits per heavy atom. The van der Waals surface area contributed by atoms with Crippen LogP contribution in [0, 0.1) is 11.3 Å². The molecule has 1 aromatic heterocycles. The van der Waals surface area contributed by atoms with Crippen LogP contribution in [0.4, 0.5) is 0 Å². The summed E-state index contributed by atoms with van der Waals surface area (Å²) in [7, 11) is 1.97. The maximum absolute atomic E-state index is 8.80. The van der Waals surface area contributed by atoms with E-state index >= 15 is 0 Å². The van der Waals surface area contributed by atoms with E-state index in [1.165, 1.54) is 11.8 Å². The molecule has 0 aliphatic heterocycles. The van der Waals surface area contributed by atoms with Crippen molar-refractivity contribution in [1.82, 2.24) is 9.55 Å². The number of nitrogens with zero attached hydrogens (tertiary/aromatic N) is 3. The zero-order chi connectivity index (χ0) is 12.3. The zero-order valence-corrected chi connectivity index (χ0v) is 10.6. The van der Waals surface area contributed by atoms with Crippen molar-refractivity contribution in [2.75, 3.05) is 0 Å². The number of benzene rings is 1. The van der Waals surface area contributed by atoms with Crippen molar-refractivity contribution < 1.29 is 0 Å². The van der Waals surface area contributed by atoms with E-state index in [9.17, 15) is 0 Å². The van der Waals surface area contributed by atoms with Crippen LogP contribution in [0.3, 0.4) is 0 Å². The number of nitriles is 1. The standard InChI is InChI=1S/C13H13N3S/c1-10(8-14)17-13-15-9-12(16(13)2)11-6-4-3-5-7-11/h3-7,9-10H,1-2H3/t10-/m0/s1. The average Bonchev–Trinajstić information content (AvgIpc) is 2.72. The Balaban J connectivity index is 2.31. The fourth-order valence-electron chi connectivity index (χ4n) is 1.56. The molecule has 0 saturated heterocycles. The fourth-order valence-corrected chi connectivity index (χ4v) is 2.30. The number of hydrogen-bond acceptors (Lipinski definition) is 3. The second-order valence-corrected chi connectivity index (χ2v) is 5.05. The van der Waals surface area contributed by atoms with Gasteiger partial charge in [0.25, 0.3) is 0 Å². The molecule has 1 aromatic carbocycles. The molecule has 0 aliphatic rings. The van der Waals surface area contributed by atoms with Crippen LogP contribution < -0.4 is 0 Å². The van der Waals surface area contributed by atoms with Crippen molar-refractivity contribution in [3.63, 3.8) is 0 Å². The summed E-state index contributed by atoms with van der Waals surface area (Å²) in [5.41, 5.74) is 2.21. The van der Waals surface area contributed by atoms with E-state index in [2.05, 4.69) is 23.2 Å². The normalized spacial score (nSPS) is 12.1. The second-order valence-electron chi connectivity index (χ2n) is 3.74. The van der Waals surface area contributed by atoms with Crippen molar-refractivity contribution in [1.29, 1.82) is 5.26 Å². The van der Waals surface area contributed by atoms with Crippen LogP contribution in [0.15, 0.2) is 41.7 Å². The van der Waals surface area contributed by atoms with Crippen molar-refractivity contribution in [3.05, 3.63) is 36.5 Å². The molecule has 3 nitrogen and oxygen atoms in total. The van der Waals surface area contributed by atoms with Gasteiger partial charge in [-0.15, -0.1) is 0 Å². The Kier molecular flexibility index (Phi) is 3.50. The predicted octanol–water partition coefficient (Wildman–Crippen LogP) is 3.09. The van der Waals surface area contributed by atoms with Crippen LogP contribution in [-0.4, -0.2) is 14.8 Å². The third kappa shape index (κ3) is 2.51. The quantitative estimate of drug-likeness (QED) is 0.778. The lowest BCUT2D eigenvalue weighted by molar-refractivity contribution is 0.795. The number of hydrogen-bond donors (Lipinski definition) is 0. The van der Waals surface area contributed by atoms with Crippen molar-refractivity contribution in [3.8, 4) is 17.3 Å². The Labute approximate surface area is 105 Å². The van der Waals surface area contributed by atoms with Gasteiger partial charge in [0.1, 0.15) is 0 Å². The molecule has 0 radical (unpaired) electrons. The molecule has 2 rings (SSSR count). The highest BCUT2D eigenvalue weighted by atomic mass is 32.2. The SMILES string of the molecule is C[C@@H](C#N)Sc1ncc(-c2ccccc2)n1C.